The van der Waals surface area contributed by atoms with E-state index < -0.39 is 0 Å². The summed E-state index contributed by atoms with van der Waals surface area (Å²) in [5.74, 6) is 3.80. The maximum Gasteiger partial charge on any atom is 0.119 e. The summed E-state index contributed by atoms with van der Waals surface area (Å²) < 4.78 is 6.05. The van der Waals surface area contributed by atoms with Crippen molar-refractivity contribution in [3.63, 3.8) is 0 Å². The number of hydrogen-bond donors (Lipinski definition) is 0. The predicted octanol–water partition coefficient (Wildman–Crippen LogP) is 6.88. The van der Waals surface area contributed by atoms with E-state index in [2.05, 4.69) is 13.0 Å². The van der Waals surface area contributed by atoms with E-state index in [1.807, 2.05) is 19.1 Å². The van der Waals surface area contributed by atoms with Gasteiger partial charge in [-0.25, -0.2) is 0 Å². The molecule has 0 bridgehead atoms. The van der Waals surface area contributed by atoms with Crippen molar-refractivity contribution < 1.29 is 4.74 Å². The molecule has 0 aromatic heterocycles. The Kier molecular flexibility index (Phi) is 7.30. The van der Waals surface area contributed by atoms with Gasteiger partial charge in [0.15, 0.2) is 0 Å². The van der Waals surface area contributed by atoms with Crippen LogP contribution in [0.25, 0.3) is 0 Å². The quantitative estimate of drug-likeness (QED) is 0.490. The van der Waals surface area contributed by atoms with Crippen LogP contribution in [0.1, 0.15) is 57.4 Å². The van der Waals surface area contributed by atoms with Crippen LogP contribution in [0, 0.1) is 24.7 Å². The second kappa shape index (κ2) is 9.46. The minimum absolute atomic E-state index is 0.315. The van der Waals surface area contributed by atoms with Crippen molar-refractivity contribution in [1.29, 1.82) is 0 Å². The molecule has 0 spiro atoms. The number of hydrogen-bond acceptors (Lipinski definition) is 1. The Morgan fingerprint density at radius 3 is 2.36 bits per heavy atom. The lowest BCUT2D eigenvalue weighted by Gasteiger charge is -2.37. The SMILES string of the molecule is CCC[Si@H]1CC[C@H]([C@H]2CC[C@H](COc3ccc(Cl)c(C)c3)CC2)CC1. The van der Waals surface area contributed by atoms with Crippen LogP contribution in [0.15, 0.2) is 18.2 Å². The maximum absolute atomic E-state index is 6.09. The molecule has 1 nitrogen and oxygen atoms in total. The normalized spacial score (nSPS) is 30.2. The van der Waals surface area contributed by atoms with Gasteiger partial charge in [0.2, 0.25) is 0 Å². The Labute approximate surface area is 161 Å². The summed E-state index contributed by atoms with van der Waals surface area (Å²) in [5, 5.41) is 0.824. The van der Waals surface area contributed by atoms with Gasteiger partial charge < -0.3 is 4.74 Å². The van der Waals surface area contributed by atoms with Gasteiger partial charge >= 0.3 is 0 Å². The molecule has 1 aromatic carbocycles. The highest BCUT2D eigenvalue weighted by Crippen LogP contribution is 2.41. The first-order valence-corrected chi connectivity index (χ1v) is 13.4. The van der Waals surface area contributed by atoms with Crippen LogP contribution in [-0.4, -0.2) is 15.4 Å². The summed E-state index contributed by atoms with van der Waals surface area (Å²) in [6.45, 7) is 5.29. The van der Waals surface area contributed by atoms with Crippen molar-refractivity contribution in [2.75, 3.05) is 6.61 Å². The minimum Gasteiger partial charge on any atom is -0.493 e. The van der Waals surface area contributed by atoms with Crippen molar-refractivity contribution >= 4 is 20.4 Å². The smallest absolute Gasteiger partial charge is 0.119 e. The molecule has 2 fully saturated rings. The molecular weight excluding hydrogens is 344 g/mol. The second-order valence-corrected chi connectivity index (χ2v) is 12.4. The third-order valence-electron chi connectivity index (χ3n) is 6.76. The van der Waals surface area contributed by atoms with Crippen molar-refractivity contribution in [1.82, 2.24) is 0 Å². The van der Waals surface area contributed by atoms with Gasteiger partial charge in [0.25, 0.3) is 0 Å². The second-order valence-electron chi connectivity index (χ2n) is 8.57. The lowest BCUT2D eigenvalue weighted by molar-refractivity contribution is 0.148. The number of aryl methyl sites for hydroxylation is 1. The highest BCUT2D eigenvalue weighted by atomic mass is 35.5. The van der Waals surface area contributed by atoms with Gasteiger partial charge in [-0.15, -0.1) is 0 Å². The highest BCUT2D eigenvalue weighted by Gasteiger charge is 2.31. The topological polar surface area (TPSA) is 9.23 Å². The molecule has 0 unspecified atom stereocenters. The lowest BCUT2D eigenvalue weighted by atomic mass is 9.74. The van der Waals surface area contributed by atoms with E-state index in [-0.39, 0.29) is 8.80 Å². The molecule has 1 saturated heterocycles. The summed E-state index contributed by atoms with van der Waals surface area (Å²) in [5.41, 5.74) is 1.10. The first kappa shape index (κ1) is 19.3. The first-order chi connectivity index (χ1) is 12.2. The van der Waals surface area contributed by atoms with Gasteiger partial charge in [0, 0.05) is 13.8 Å². The van der Waals surface area contributed by atoms with Crippen LogP contribution in [0.5, 0.6) is 5.75 Å². The van der Waals surface area contributed by atoms with Crippen LogP contribution in [0.4, 0.5) is 0 Å². The van der Waals surface area contributed by atoms with Gasteiger partial charge in [0.1, 0.15) is 5.75 Å². The molecule has 3 heteroatoms. The zero-order valence-corrected chi connectivity index (χ0v) is 18.0. The summed E-state index contributed by atoms with van der Waals surface area (Å²) in [7, 11) is -0.315. The van der Waals surface area contributed by atoms with Crippen LogP contribution in [0.2, 0.25) is 23.2 Å². The van der Waals surface area contributed by atoms with Crippen molar-refractivity contribution in [3.05, 3.63) is 28.8 Å². The molecule has 0 radical (unpaired) electrons. The molecule has 0 N–H and O–H groups in total. The molecule has 0 amide bonds. The van der Waals surface area contributed by atoms with E-state index in [0.29, 0.717) is 0 Å². The monoisotopic (exact) mass is 378 g/mol. The van der Waals surface area contributed by atoms with Crippen molar-refractivity contribution in [2.24, 2.45) is 17.8 Å². The fourth-order valence-corrected chi connectivity index (χ4v) is 8.70. The summed E-state index contributed by atoms with van der Waals surface area (Å²) >= 11 is 6.09. The number of rotatable bonds is 6. The fraction of sp³-hybridized carbons (Fsp3) is 0.727. The predicted molar refractivity (Wildman–Crippen MR) is 112 cm³/mol. The van der Waals surface area contributed by atoms with E-state index >= 15 is 0 Å². The molecule has 1 aromatic rings. The number of benzene rings is 1. The average Bonchev–Trinajstić information content (AvgIpc) is 2.64. The zero-order valence-electron chi connectivity index (χ0n) is 16.1. The van der Waals surface area contributed by atoms with Crippen LogP contribution >= 0.6 is 11.6 Å². The highest BCUT2D eigenvalue weighted by molar-refractivity contribution is 6.58. The Morgan fingerprint density at radius 1 is 1.04 bits per heavy atom. The van der Waals surface area contributed by atoms with Gasteiger partial charge in [0.05, 0.1) is 6.61 Å². The molecule has 1 saturated carbocycles. The molecule has 3 rings (SSSR count). The average molecular weight is 379 g/mol. The van der Waals surface area contributed by atoms with E-state index in [0.717, 1.165) is 40.7 Å². The van der Waals surface area contributed by atoms with Crippen molar-refractivity contribution in [2.45, 2.75) is 76.9 Å². The Morgan fingerprint density at radius 2 is 1.72 bits per heavy atom. The van der Waals surface area contributed by atoms with E-state index in [1.54, 1.807) is 31.0 Å². The molecule has 1 aliphatic heterocycles. The zero-order chi connectivity index (χ0) is 17.6. The van der Waals surface area contributed by atoms with Gasteiger partial charge in [-0.1, -0.05) is 55.9 Å². The summed E-state index contributed by atoms with van der Waals surface area (Å²) in [6.07, 6.45) is 10.2. The molecule has 0 atom stereocenters. The standard InChI is InChI=1S/C22H35ClOSi/c1-3-12-25-13-10-20(11-14-25)19-6-4-18(5-7-19)16-24-21-8-9-22(23)17(2)15-21/h8-9,15,18-20,25H,3-7,10-14,16H2,1-2H3/t18-,19-,20-,25-. The van der Waals surface area contributed by atoms with E-state index in [9.17, 15) is 0 Å². The van der Waals surface area contributed by atoms with E-state index in [1.165, 1.54) is 32.1 Å². The number of ether oxygens (including phenoxy) is 1. The fourth-order valence-electron chi connectivity index (χ4n) is 5.10. The van der Waals surface area contributed by atoms with Crippen LogP contribution in [-0.2, 0) is 0 Å². The largest absolute Gasteiger partial charge is 0.493 e. The molecular formula is C22H35ClOSi. The molecule has 140 valence electrons. The van der Waals surface area contributed by atoms with Crippen molar-refractivity contribution in [3.8, 4) is 5.75 Å². The van der Waals surface area contributed by atoms with Gasteiger partial charge in [-0.3, -0.25) is 0 Å². The molecule has 25 heavy (non-hydrogen) atoms. The molecule has 2 aliphatic rings. The van der Waals surface area contributed by atoms with Crippen LogP contribution in [0.3, 0.4) is 0 Å². The number of halogens is 1. The maximum atomic E-state index is 6.09. The lowest BCUT2D eigenvalue weighted by Crippen LogP contribution is -2.29. The summed E-state index contributed by atoms with van der Waals surface area (Å²) in [4.78, 5) is 0. The Hall–Kier alpha value is -0.473. The van der Waals surface area contributed by atoms with Crippen LogP contribution < -0.4 is 4.74 Å². The van der Waals surface area contributed by atoms with Gasteiger partial charge in [-0.2, -0.15) is 0 Å². The molecule has 1 heterocycles. The van der Waals surface area contributed by atoms with E-state index in [4.69, 9.17) is 16.3 Å². The summed E-state index contributed by atoms with van der Waals surface area (Å²) in [6, 6.07) is 10.9. The Bertz CT molecular complexity index is 531. The Balaban J connectivity index is 1.38. The van der Waals surface area contributed by atoms with Gasteiger partial charge in [-0.05, 0) is 74.1 Å². The third kappa shape index (κ3) is 5.50. The molecule has 1 aliphatic carbocycles. The minimum atomic E-state index is -0.315. The first-order valence-electron chi connectivity index (χ1n) is 10.5. The third-order valence-corrected chi connectivity index (χ3v) is 10.9.